The molecule has 6 nitrogen and oxygen atoms in total. The molecule has 1 amide bonds. The maximum absolute atomic E-state index is 12.5. The number of carbonyl (C=O) groups is 2. The van der Waals surface area contributed by atoms with Crippen molar-refractivity contribution in [2.75, 3.05) is 13.2 Å². The van der Waals surface area contributed by atoms with Crippen LogP contribution in [0.1, 0.15) is 354 Å². The molecule has 2 unspecified atom stereocenters. The van der Waals surface area contributed by atoms with Gasteiger partial charge in [0, 0.05) is 12.8 Å². The van der Waals surface area contributed by atoms with Crippen LogP contribution in [-0.2, 0) is 14.3 Å². The molecule has 6 heteroatoms. The number of ether oxygens (including phenoxy) is 1. The number of hydrogen-bond acceptors (Lipinski definition) is 5. The summed E-state index contributed by atoms with van der Waals surface area (Å²) in [5, 5.41) is 23.3. The monoisotopic (exact) mass is 948 g/mol. The Bertz CT molecular complexity index is 959. The first-order valence-corrected chi connectivity index (χ1v) is 30.8. The fourth-order valence-corrected chi connectivity index (χ4v) is 9.94. The van der Waals surface area contributed by atoms with Crippen molar-refractivity contribution >= 4 is 11.9 Å². The predicted octanol–water partition coefficient (Wildman–Crippen LogP) is 19.1. The largest absolute Gasteiger partial charge is 0.466 e. The quantitative estimate of drug-likeness (QED) is 0.0417. The molecule has 0 saturated carbocycles. The molecule has 0 bridgehead atoms. The molecule has 2 atom stereocenters. The third-order valence-corrected chi connectivity index (χ3v) is 14.7. The molecule has 0 heterocycles. The third kappa shape index (κ3) is 54.0. The minimum absolute atomic E-state index is 0.0170. The molecule has 0 aromatic heterocycles. The molecule has 0 aliphatic heterocycles. The van der Waals surface area contributed by atoms with Gasteiger partial charge in [-0.1, -0.05) is 316 Å². The average Bonchev–Trinajstić information content (AvgIpc) is 3.33. The Kier molecular flexibility index (Phi) is 56.5. The maximum atomic E-state index is 12.5. The molecule has 0 aromatic carbocycles. The summed E-state index contributed by atoms with van der Waals surface area (Å²) in [6, 6.07) is -0.538. The highest BCUT2D eigenvalue weighted by molar-refractivity contribution is 5.76. The van der Waals surface area contributed by atoms with E-state index < -0.39 is 12.1 Å². The van der Waals surface area contributed by atoms with E-state index in [4.69, 9.17) is 4.74 Å². The Labute approximate surface area is 419 Å². The summed E-state index contributed by atoms with van der Waals surface area (Å²) >= 11 is 0. The summed E-state index contributed by atoms with van der Waals surface area (Å²) in [7, 11) is 0. The van der Waals surface area contributed by atoms with E-state index in [2.05, 4.69) is 19.2 Å². The van der Waals surface area contributed by atoms with Gasteiger partial charge in [0.25, 0.3) is 0 Å². The van der Waals surface area contributed by atoms with Crippen molar-refractivity contribution in [3.05, 3.63) is 0 Å². The lowest BCUT2D eigenvalue weighted by molar-refractivity contribution is -0.143. The van der Waals surface area contributed by atoms with Crippen LogP contribution in [0.5, 0.6) is 0 Å². The van der Waals surface area contributed by atoms with Crippen molar-refractivity contribution in [2.45, 2.75) is 366 Å². The van der Waals surface area contributed by atoms with Crippen LogP contribution >= 0.6 is 0 Å². The number of aliphatic hydroxyl groups is 2. The Morgan fingerprint density at radius 2 is 0.612 bits per heavy atom. The van der Waals surface area contributed by atoms with Gasteiger partial charge >= 0.3 is 5.97 Å². The number of rotatable bonds is 58. The van der Waals surface area contributed by atoms with Crippen LogP contribution in [0.3, 0.4) is 0 Å². The van der Waals surface area contributed by atoms with E-state index in [1.54, 1.807) is 0 Å². The second-order valence-corrected chi connectivity index (χ2v) is 21.4. The first-order chi connectivity index (χ1) is 33.0. The highest BCUT2D eigenvalue weighted by Crippen LogP contribution is 2.18. The maximum Gasteiger partial charge on any atom is 0.305 e. The minimum atomic E-state index is -0.661. The molecule has 0 rings (SSSR count). The van der Waals surface area contributed by atoms with Crippen molar-refractivity contribution in [2.24, 2.45) is 0 Å². The fourth-order valence-electron chi connectivity index (χ4n) is 9.94. The molecular formula is C61H121NO5. The number of unbranched alkanes of at least 4 members (excludes halogenated alkanes) is 47. The van der Waals surface area contributed by atoms with E-state index in [1.165, 1.54) is 283 Å². The third-order valence-electron chi connectivity index (χ3n) is 14.7. The van der Waals surface area contributed by atoms with Crippen LogP contribution in [-0.4, -0.2) is 47.4 Å². The summed E-state index contributed by atoms with van der Waals surface area (Å²) < 4.78 is 5.48. The second-order valence-electron chi connectivity index (χ2n) is 21.4. The van der Waals surface area contributed by atoms with Gasteiger partial charge in [-0.2, -0.15) is 0 Å². The van der Waals surface area contributed by atoms with E-state index >= 15 is 0 Å². The van der Waals surface area contributed by atoms with E-state index in [0.29, 0.717) is 25.9 Å². The van der Waals surface area contributed by atoms with Crippen LogP contribution < -0.4 is 5.32 Å². The average molecular weight is 949 g/mol. The van der Waals surface area contributed by atoms with Crippen LogP contribution in [0.25, 0.3) is 0 Å². The normalized spacial score (nSPS) is 12.5. The smallest absolute Gasteiger partial charge is 0.305 e. The molecule has 0 spiro atoms. The number of hydrogen-bond donors (Lipinski definition) is 3. The molecule has 400 valence electrons. The van der Waals surface area contributed by atoms with Gasteiger partial charge in [0.2, 0.25) is 5.91 Å². The van der Waals surface area contributed by atoms with Crippen LogP contribution in [0, 0.1) is 0 Å². The lowest BCUT2D eigenvalue weighted by atomic mass is 10.0. The number of amides is 1. The van der Waals surface area contributed by atoms with Crippen molar-refractivity contribution in [3.8, 4) is 0 Å². The zero-order valence-electron chi connectivity index (χ0n) is 45.7. The fraction of sp³-hybridized carbons (Fsp3) is 0.967. The number of aliphatic hydroxyl groups excluding tert-OH is 2. The van der Waals surface area contributed by atoms with E-state index in [1.807, 2.05) is 0 Å². The second kappa shape index (κ2) is 57.4. The van der Waals surface area contributed by atoms with Gasteiger partial charge in [0.1, 0.15) is 0 Å². The summed E-state index contributed by atoms with van der Waals surface area (Å²) in [6.07, 6.45) is 66.8. The Hall–Kier alpha value is -1.14. The first kappa shape index (κ1) is 65.9. The molecule has 0 aliphatic rings. The minimum Gasteiger partial charge on any atom is -0.466 e. The van der Waals surface area contributed by atoms with Gasteiger partial charge in [0.05, 0.1) is 25.4 Å². The topological polar surface area (TPSA) is 95.9 Å². The zero-order valence-corrected chi connectivity index (χ0v) is 45.7. The number of nitrogens with one attached hydrogen (secondary N) is 1. The zero-order chi connectivity index (χ0) is 48.6. The Morgan fingerprint density at radius 1 is 0.358 bits per heavy atom. The van der Waals surface area contributed by atoms with Crippen molar-refractivity contribution in [3.63, 3.8) is 0 Å². The van der Waals surface area contributed by atoms with Crippen molar-refractivity contribution < 1.29 is 24.5 Å². The van der Waals surface area contributed by atoms with Crippen molar-refractivity contribution in [1.29, 1.82) is 0 Å². The SMILES string of the molecule is CCCCCCCCCCCCCCCCC(O)C(CO)NC(=O)CCCCCCCCCCCCCCCCCCCCCCCCCCOC(=O)CCCCCCCCCCCCCC. The van der Waals surface area contributed by atoms with Crippen molar-refractivity contribution in [1.82, 2.24) is 5.32 Å². The van der Waals surface area contributed by atoms with E-state index in [0.717, 1.165) is 38.5 Å². The molecule has 0 saturated heterocycles. The molecule has 0 fully saturated rings. The summed E-state index contributed by atoms with van der Waals surface area (Å²) in [6.45, 7) is 4.98. The van der Waals surface area contributed by atoms with Gasteiger partial charge < -0.3 is 20.3 Å². The molecule has 3 N–H and O–H groups in total. The lowest BCUT2D eigenvalue weighted by Gasteiger charge is -2.22. The van der Waals surface area contributed by atoms with Gasteiger partial charge in [-0.25, -0.2) is 0 Å². The molecule has 0 radical (unpaired) electrons. The molecule has 67 heavy (non-hydrogen) atoms. The van der Waals surface area contributed by atoms with Crippen LogP contribution in [0.15, 0.2) is 0 Å². The Morgan fingerprint density at radius 3 is 0.910 bits per heavy atom. The van der Waals surface area contributed by atoms with E-state index in [9.17, 15) is 19.8 Å². The van der Waals surface area contributed by atoms with E-state index in [-0.39, 0.29) is 18.5 Å². The number of carbonyl (C=O) groups excluding carboxylic acids is 2. The molecule has 0 aromatic rings. The van der Waals surface area contributed by atoms with Crippen LogP contribution in [0.4, 0.5) is 0 Å². The lowest BCUT2D eigenvalue weighted by Crippen LogP contribution is -2.45. The van der Waals surface area contributed by atoms with Gasteiger partial charge in [-0.3, -0.25) is 9.59 Å². The summed E-state index contributed by atoms with van der Waals surface area (Å²) in [5.74, 6) is -0.0142. The summed E-state index contributed by atoms with van der Waals surface area (Å²) in [5.41, 5.74) is 0. The standard InChI is InChI=1S/C61H121NO5/c1-3-5-7-9-11-13-15-17-30-33-37-41-45-49-53-59(64)58(57-63)62-60(65)54-50-46-42-38-34-31-28-26-24-22-20-18-19-21-23-25-27-29-32-36-40-44-48-52-56-67-61(66)55-51-47-43-39-35-16-14-12-10-8-6-4-2/h58-59,63-64H,3-57H2,1-2H3,(H,62,65). The molecular weight excluding hydrogens is 827 g/mol. The van der Waals surface area contributed by atoms with Gasteiger partial charge in [0.15, 0.2) is 0 Å². The van der Waals surface area contributed by atoms with Gasteiger partial charge in [-0.15, -0.1) is 0 Å². The molecule has 0 aliphatic carbocycles. The highest BCUT2D eigenvalue weighted by Gasteiger charge is 2.20. The first-order valence-electron chi connectivity index (χ1n) is 30.8. The van der Waals surface area contributed by atoms with Crippen LogP contribution in [0.2, 0.25) is 0 Å². The Balaban J connectivity index is 3.35. The predicted molar refractivity (Wildman–Crippen MR) is 292 cm³/mol. The highest BCUT2D eigenvalue weighted by atomic mass is 16.5. The van der Waals surface area contributed by atoms with Gasteiger partial charge in [-0.05, 0) is 25.7 Å². The summed E-state index contributed by atoms with van der Waals surface area (Å²) in [4.78, 5) is 24.5. The number of esters is 1.